The molecule has 1 aromatic rings. The second kappa shape index (κ2) is 4.65. The van der Waals surface area contributed by atoms with E-state index in [1.807, 2.05) is 6.07 Å². The lowest BCUT2D eigenvalue weighted by molar-refractivity contribution is -0.147. The number of ether oxygens (including phenoxy) is 2. The van der Waals surface area contributed by atoms with Gasteiger partial charge in [0.25, 0.3) is 0 Å². The summed E-state index contributed by atoms with van der Waals surface area (Å²) in [6.07, 6.45) is 0. The van der Waals surface area contributed by atoms with Crippen molar-refractivity contribution in [1.29, 1.82) is 0 Å². The molecule has 0 unspecified atom stereocenters. The molecule has 0 bridgehead atoms. The summed E-state index contributed by atoms with van der Waals surface area (Å²) in [5, 5.41) is 0.729. The lowest BCUT2D eigenvalue weighted by Gasteiger charge is -2.46. The fourth-order valence-corrected chi connectivity index (χ4v) is 2.97. The minimum Gasteiger partial charge on any atom is -0.490 e. The van der Waals surface area contributed by atoms with Gasteiger partial charge in [-0.05, 0) is 24.6 Å². The monoisotopic (exact) mass is 281 g/mol. The van der Waals surface area contributed by atoms with E-state index < -0.39 is 0 Å². The highest BCUT2D eigenvalue weighted by Crippen LogP contribution is 2.39. The third kappa shape index (κ3) is 2.14. The van der Waals surface area contributed by atoms with E-state index in [4.69, 9.17) is 21.1 Å². The average molecular weight is 282 g/mol. The molecule has 0 aromatic heterocycles. The Morgan fingerprint density at radius 3 is 2.58 bits per heavy atom. The van der Waals surface area contributed by atoms with E-state index in [0.29, 0.717) is 12.5 Å². The highest BCUT2D eigenvalue weighted by Gasteiger charge is 2.45. The second-order valence-electron chi connectivity index (χ2n) is 6.01. The summed E-state index contributed by atoms with van der Waals surface area (Å²) < 4.78 is 11.4. The van der Waals surface area contributed by atoms with Crippen LogP contribution in [0, 0.1) is 0 Å². The molecule has 0 atom stereocenters. The standard InChI is InChI=1S/C15H20ClNO2/c1-10(2)11-4-12-6-17(3)15(7-18-8-15)9-19-14(12)13(16)5-11/h4-5,10H,6-9H2,1-3H3. The minimum atomic E-state index is 0.0281. The zero-order valence-electron chi connectivity index (χ0n) is 11.7. The summed E-state index contributed by atoms with van der Waals surface area (Å²) in [7, 11) is 2.14. The van der Waals surface area contributed by atoms with E-state index in [1.54, 1.807) is 0 Å². The van der Waals surface area contributed by atoms with Gasteiger partial charge in [0.1, 0.15) is 17.9 Å². The van der Waals surface area contributed by atoms with Crippen molar-refractivity contribution >= 4 is 11.6 Å². The molecule has 1 fully saturated rings. The molecule has 0 saturated carbocycles. The predicted octanol–water partition coefficient (Wildman–Crippen LogP) is 3.06. The van der Waals surface area contributed by atoms with Crippen LogP contribution in [0.1, 0.15) is 30.9 Å². The highest BCUT2D eigenvalue weighted by atomic mass is 35.5. The first-order valence-corrected chi connectivity index (χ1v) is 7.14. The SMILES string of the molecule is CC(C)c1cc(Cl)c2c(c1)CN(C)C1(COC1)CO2. The first-order valence-electron chi connectivity index (χ1n) is 6.76. The molecule has 2 aliphatic heterocycles. The summed E-state index contributed by atoms with van der Waals surface area (Å²) in [4.78, 5) is 2.34. The van der Waals surface area contributed by atoms with E-state index in [-0.39, 0.29) is 5.54 Å². The molecular formula is C15H20ClNO2. The Morgan fingerprint density at radius 2 is 2.00 bits per heavy atom. The van der Waals surface area contributed by atoms with Crippen LogP contribution in [0.15, 0.2) is 12.1 Å². The Balaban J connectivity index is 1.98. The van der Waals surface area contributed by atoms with Crippen molar-refractivity contribution in [2.45, 2.75) is 31.8 Å². The number of halogens is 1. The maximum Gasteiger partial charge on any atom is 0.142 e. The molecule has 0 aliphatic carbocycles. The Bertz CT molecular complexity index is 497. The largest absolute Gasteiger partial charge is 0.490 e. The van der Waals surface area contributed by atoms with Crippen LogP contribution in [-0.4, -0.2) is 37.3 Å². The molecule has 0 N–H and O–H groups in total. The molecule has 2 heterocycles. The van der Waals surface area contributed by atoms with E-state index in [2.05, 4.69) is 31.9 Å². The van der Waals surface area contributed by atoms with Gasteiger partial charge in [-0.2, -0.15) is 0 Å². The van der Waals surface area contributed by atoms with Crippen LogP contribution in [0.5, 0.6) is 5.75 Å². The number of benzene rings is 1. The molecule has 2 aliphatic rings. The van der Waals surface area contributed by atoms with Crippen LogP contribution in [0.4, 0.5) is 0 Å². The normalized spacial score (nSPS) is 21.7. The van der Waals surface area contributed by atoms with Gasteiger partial charge in [0.15, 0.2) is 0 Å². The van der Waals surface area contributed by atoms with Crippen molar-refractivity contribution in [3.05, 3.63) is 28.3 Å². The van der Waals surface area contributed by atoms with Crippen molar-refractivity contribution in [1.82, 2.24) is 4.90 Å². The van der Waals surface area contributed by atoms with Gasteiger partial charge in [-0.25, -0.2) is 0 Å². The molecule has 3 nitrogen and oxygen atoms in total. The fourth-order valence-electron chi connectivity index (χ4n) is 2.67. The Kier molecular flexibility index (Phi) is 3.24. The zero-order valence-corrected chi connectivity index (χ0v) is 12.5. The van der Waals surface area contributed by atoms with Crippen molar-refractivity contribution < 1.29 is 9.47 Å². The fraction of sp³-hybridized carbons (Fsp3) is 0.600. The lowest BCUT2D eigenvalue weighted by atomic mass is 9.96. The summed E-state index contributed by atoms with van der Waals surface area (Å²) in [5.74, 6) is 1.32. The summed E-state index contributed by atoms with van der Waals surface area (Å²) >= 11 is 6.39. The van der Waals surface area contributed by atoms with Gasteiger partial charge >= 0.3 is 0 Å². The van der Waals surface area contributed by atoms with E-state index >= 15 is 0 Å². The highest BCUT2D eigenvalue weighted by molar-refractivity contribution is 6.32. The van der Waals surface area contributed by atoms with Crippen LogP contribution in [-0.2, 0) is 11.3 Å². The Labute approximate surface area is 119 Å². The molecule has 1 saturated heterocycles. The maximum absolute atomic E-state index is 6.39. The molecule has 104 valence electrons. The molecule has 3 rings (SSSR count). The summed E-state index contributed by atoms with van der Waals surface area (Å²) in [6.45, 7) is 7.36. The number of hydrogen-bond donors (Lipinski definition) is 0. The first kappa shape index (κ1) is 13.2. The Morgan fingerprint density at radius 1 is 1.26 bits per heavy atom. The number of nitrogens with zero attached hydrogens (tertiary/aromatic N) is 1. The topological polar surface area (TPSA) is 21.7 Å². The van der Waals surface area contributed by atoms with Gasteiger partial charge in [-0.1, -0.05) is 31.5 Å². The van der Waals surface area contributed by atoms with Crippen molar-refractivity contribution in [2.24, 2.45) is 0 Å². The van der Waals surface area contributed by atoms with Crippen LogP contribution >= 0.6 is 11.6 Å². The quantitative estimate of drug-likeness (QED) is 0.790. The smallest absolute Gasteiger partial charge is 0.142 e. The number of hydrogen-bond acceptors (Lipinski definition) is 3. The van der Waals surface area contributed by atoms with Crippen LogP contribution < -0.4 is 4.74 Å². The van der Waals surface area contributed by atoms with E-state index in [9.17, 15) is 0 Å². The average Bonchev–Trinajstić information content (AvgIpc) is 2.44. The van der Waals surface area contributed by atoms with E-state index in [1.165, 1.54) is 11.1 Å². The van der Waals surface area contributed by atoms with Crippen LogP contribution in [0.2, 0.25) is 5.02 Å². The van der Waals surface area contributed by atoms with Crippen LogP contribution in [0.3, 0.4) is 0 Å². The summed E-state index contributed by atoms with van der Waals surface area (Å²) in [6, 6.07) is 4.25. The second-order valence-corrected chi connectivity index (χ2v) is 6.41. The third-order valence-electron chi connectivity index (χ3n) is 4.25. The Hall–Kier alpha value is -0.770. The van der Waals surface area contributed by atoms with Crippen molar-refractivity contribution in [2.75, 3.05) is 26.9 Å². The van der Waals surface area contributed by atoms with Crippen molar-refractivity contribution in [3.8, 4) is 5.75 Å². The van der Waals surface area contributed by atoms with Crippen LogP contribution in [0.25, 0.3) is 0 Å². The number of rotatable bonds is 1. The van der Waals surface area contributed by atoms with Gasteiger partial charge in [0.2, 0.25) is 0 Å². The minimum absolute atomic E-state index is 0.0281. The first-order chi connectivity index (χ1) is 9.02. The lowest BCUT2D eigenvalue weighted by Crippen LogP contribution is -2.63. The predicted molar refractivity (Wildman–Crippen MR) is 76.1 cm³/mol. The number of fused-ring (bicyclic) bond motifs is 1. The van der Waals surface area contributed by atoms with Crippen molar-refractivity contribution in [3.63, 3.8) is 0 Å². The van der Waals surface area contributed by atoms with Gasteiger partial charge in [-0.3, -0.25) is 4.90 Å². The maximum atomic E-state index is 6.39. The molecule has 1 spiro atoms. The third-order valence-corrected chi connectivity index (χ3v) is 4.53. The molecule has 0 amide bonds. The molecular weight excluding hydrogens is 262 g/mol. The molecule has 4 heteroatoms. The molecule has 19 heavy (non-hydrogen) atoms. The van der Waals surface area contributed by atoms with Gasteiger partial charge in [0, 0.05) is 12.1 Å². The van der Waals surface area contributed by atoms with Gasteiger partial charge < -0.3 is 9.47 Å². The zero-order chi connectivity index (χ0) is 13.6. The van der Waals surface area contributed by atoms with Gasteiger partial charge in [0.05, 0.1) is 18.2 Å². The number of likely N-dealkylation sites (N-methyl/N-ethyl adjacent to an activating group) is 1. The summed E-state index contributed by atoms with van der Waals surface area (Å²) in [5.41, 5.74) is 2.48. The molecule has 0 radical (unpaired) electrons. The van der Waals surface area contributed by atoms with E-state index in [0.717, 1.165) is 30.5 Å². The van der Waals surface area contributed by atoms with Gasteiger partial charge in [-0.15, -0.1) is 0 Å². The molecule has 1 aromatic carbocycles.